The molecule has 5 saturated heterocycles. The highest BCUT2D eigenvalue weighted by molar-refractivity contribution is 7.59. The molecule has 0 bridgehead atoms. The normalized spacial score (nSPS) is 33.0. The molecule has 2 amide bonds. The predicted molar refractivity (Wildman–Crippen MR) is 459 cm³/mol. The van der Waals surface area contributed by atoms with Gasteiger partial charge in [-0.15, -0.1) is 0 Å². The summed E-state index contributed by atoms with van der Waals surface area (Å²) >= 11 is 0. The quantitative estimate of drug-likeness (QED) is 0.0206. The summed E-state index contributed by atoms with van der Waals surface area (Å²) in [5.41, 5.74) is 14.7. The van der Waals surface area contributed by atoms with Crippen molar-refractivity contribution in [1.29, 1.82) is 0 Å². The molecule has 27 atom stereocenters. The Morgan fingerprint density at radius 1 is 0.323 bits per heavy atom. The lowest BCUT2D eigenvalue weighted by atomic mass is 9.93. The molecule has 124 heavy (non-hydrogen) atoms. The van der Waals surface area contributed by atoms with Crippen LogP contribution < -0.4 is 20.4 Å². The van der Waals surface area contributed by atoms with Gasteiger partial charge >= 0.3 is 0 Å². The number of aliphatic hydroxyl groups is 13. The number of amides is 2. The van der Waals surface area contributed by atoms with E-state index in [1.54, 1.807) is 6.92 Å². The van der Waals surface area contributed by atoms with Gasteiger partial charge in [0, 0.05) is 13.8 Å². The highest BCUT2D eigenvalue weighted by Gasteiger charge is 2.59. The molecule has 0 spiro atoms. The first-order valence-corrected chi connectivity index (χ1v) is 46.3. The van der Waals surface area contributed by atoms with Gasteiger partial charge in [0.15, 0.2) is 31.5 Å². The average Bonchev–Trinajstić information content (AvgIpc) is 0.755. The fourth-order valence-electron chi connectivity index (χ4n) is 14.9. The van der Waals surface area contributed by atoms with Crippen LogP contribution in [0.2, 0.25) is 0 Å². The van der Waals surface area contributed by atoms with Crippen LogP contribution in [0.15, 0.2) is 128 Å². The maximum Gasteiger partial charge on any atom is 0.276 e. The summed E-state index contributed by atoms with van der Waals surface area (Å²) in [4.78, 5) is 53.0. The van der Waals surface area contributed by atoms with Gasteiger partial charge in [-0.05, 0) is 218 Å². The van der Waals surface area contributed by atoms with E-state index in [0.29, 0.717) is 18.4 Å². The van der Waals surface area contributed by atoms with Crippen molar-refractivity contribution in [2.24, 2.45) is 0 Å². The van der Waals surface area contributed by atoms with Gasteiger partial charge in [-0.25, -0.2) is 4.31 Å². The lowest BCUT2D eigenvalue weighted by molar-refractivity contribution is -0.402. The van der Waals surface area contributed by atoms with Crippen LogP contribution in [0.1, 0.15) is 232 Å². The summed E-state index contributed by atoms with van der Waals surface area (Å²) in [7, 11) is -12.1. The Hall–Kier alpha value is -4.54. The van der Waals surface area contributed by atoms with Crippen molar-refractivity contribution in [3.8, 4) is 0 Å². The van der Waals surface area contributed by atoms with E-state index < -0.39 is 214 Å². The number of hydrogen-bond acceptors (Lipinski definition) is 31. The van der Waals surface area contributed by atoms with Crippen LogP contribution in [0.5, 0.6) is 0 Å². The van der Waals surface area contributed by atoms with Crippen molar-refractivity contribution in [3.05, 3.63) is 128 Å². The second-order valence-corrected chi connectivity index (χ2v) is 36.8. The highest BCUT2D eigenvalue weighted by Crippen LogP contribution is 2.57. The van der Waals surface area contributed by atoms with E-state index in [-0.39, 0.29) is 0 Å². The number of carbonyl (C=O) groups excluding carboxylic acids is 2. The Kier molecular flexibility index (Phi) is 49.3. The molecule has 5 rings (SSSR count). The standard InChI is InChI=1S/C89H148N2O31P2/c1-52(2)26-16-27-53(3)28-17-29-54(4)30-18-31-55(5)32-19-33-56(6)34-20-35-57(7)36-21-37-58(8)38-22-39-59(9)40-23-41-60(10)42-24-43-61(11)44-25-45-62(12)46-47-111-123(107,108)122-124(109,110)121-86-71(91-65(15)97)82(75(101)68(50-94)114-86)117-85-70(90-64(14)96)81(74(100)67(49-93)113-85)118-89-84(120-87-79(105)77(103)72(98)63(13)112-87)83(76(102)69(51-95)116-89)119-88-80(106)78(104)73(99)66(48-92)115-88/h26,28,30,32,34,36,38,40,42,44,46,63,66-89,92-95,98-106H,16-25,27,29,31,33,35,37,39,41,43,45,47-51H2,1-15H3,(H,90,96)(H,91,97)(H,107,108)(H,109,110)/p-2/b53-28+,54-30+,55-32+,56-34-,57-36-,58-38-,59-40-,60-42-,61-44-,62-46-/t63-,66+,67+,68+,69+,70+,71+,72+,73-,74-,75-,76-,77+,78-,79-,80+,81+,82+,83-,84+,85+,86+,87-,88+,89-/m0/s1. The molecular formula is C89H146N2O31P2-2. The third-order valence-corrected chi connectivity index (χ3v) is 25.1. The van der Waals surface area contributed by atoms with Gasteiger partial charge in [0.1, 0.15) is 116 Å². The van der Waals surface area contributed by atoms with Gasteiger partial charge in [-0.2, -0.15) is 0 Å². The SMILES string of the molecule is CC(=O)N[C@H]1[C@@H](OP(=O)([O-])OP(=O)([O-])OC/C=C(/C)CC/C=C(/C)CC/C=C(/C)CC/C=C(/C)CC/C=C(/C)CC/C=C(/C)CC/C=C(/C)CC/C=C(\C)CC/C=C(\C)CC/C=C(\C)CCC=C(C)C)O[C@H](CO)[C@H](O)[C@@H]1O[C@H]1O[C@H](CO)[C@H](O)[C@H](O[C@@H]2O[C@H](CO)[C@H](O)[C@H](O[C@H]3O[C@H](CO)[C@H](O)[C@H](O)[C@H]3O)[C@H]2O[C@@H]2O[C@@H](C)[C@@H](O)[C@@H](O)[C@@H]2O)[C@H]1NC(C)=O. The average molecular weight is 1800 g/mol. The summed E-state index contributed by atoms with van der Waals surface area (Å²) in [5, 5.41) is 147. The van der Waals surface area contributed by atoms with Crippen LogP contribution in [-0.2, 0) is 74.7 Å². The molecule has 5 heterocycles. The van der Waals surface area contributed by atoms with Crippen LogP contribution >= 0.6 is 15.6 Å². The van der Waals surface area contributed by atoms with E-state index in [1.807, 2.05) is 6.92 Å². The first-order valence-electron chi connectivity index (χ1n) is 43.4. The van der Waals surface area contributed by atoms with Crippen LogP contribution in [0.4, 0.5) is 0 Å². The third kappa shape index (κ3) is 37.7. The van der Waals surface area contributed by atoms with Gasteiger partial charge in [0.2, 0.25) is 11.8 Å². The minimum atomic E-state index is -6.23. The number of hydrogen-bond donors (Lipinski definition) is 15. The first-order chi connectivity index (χ1) is 58.5. The van der Waals surface area contributed by atoms with Gasteiger partial charge in [0.25, 0.3) is 15.6 Å². The van der Waals surface area contributed by atoms with Crippen molar-refractivity contribution in [2.45, 2.75) is 386 Å². The van der Waals surface area contributed by atoms with E-state index in [1.165, 1.54) is 63.2 Å². The van der Waals surface area contributed by atoms with E-state index in [4.69, 9.17) is 51.7 Å². The molecule has 0 aliphatic carbocycles. The monoisotopic (exact) mass is 1800 g/mol. The van der Waals surface area contributed by atoms with Gasteiger partial charge in [-0.1, -0.05) is 128 Å². The molecule has 33 nitrogen and oxygen atoms in total. The molecule has 5 aliphatic heterocycles. The molecule has 5 fully saturated rings. The highest BCUT2D eigenvalue weighted by atomic mass is 31.3. The lowest BCUT2D eigenvalue weighted by Gasteiger charge is -2.52. The lowest BCUT2D eigenvalue weighted by Crippen LogP contribution is -2.71. The minimum Gasteiger partial charge on any atom is -0.756 e. The Morgan fingerprint density at radius 2 is 0.597 bits per heavy atom. The summed E-state index contributed by atoms with van der Waals surface area (Å²) in [5.74, 6) is -1.97. The summed E-state index contributed by atoms with van der Waals surface area (Å²) in [6.07, 6.45) is -1.70. The van der Waals surface area contributed by atoms with Crippen LogP contribution in [0, 0.1) is 0 Å². The Morgan fingerprint density at radius 3 is 0.952 bits per heavy atom. The van der Waals surface area contributed by atoms with Crippen molar-refractivity contribution >= 4 is 27.5 Å². The van der Waals surface area contributed by atoms with E-state index in [9.17, 15) is 94.9 Å². The molecule has 0 radical (unpaired) electrons. The van der Waals surface area contributed by atoms with E-state index >= 15 is 0 Å². The number of phosphoric acid groups is 2. The van der Waals surface area contributed by atoms with Crippen LogP contribution in [0.3, 0.4) is 0 Å². The smallest absolute Gasteiger partial charge is 0.276 e. The number of phosphoric ester groups is 2. The van der Waals surface area contributed by atoms with Crippen molar-refractivity contribution in [1.82, 2.24) is 10.6 Å². The second-order valence-electron chi connectivity index (χ2n) is 33.9. The zero-order valence-electron chi connectivity index (χ0n) is 75.0. The number of aliphatic hydroxyl groups excluding tert-OH is 13. The molecule has 710 valence electrons. The number of allylic oxidation sites excluding steroid dienone is 21. The third-order valence-electron chi connectivity index (χ3n) is 22.5. The van der Waals surface area contributed by atoms with Gasteiger partial charge in [-0.3, -0.25) is 23.2 Å². The van der Waals surface area contributed by atoms with Crippen molar-refractivity contribution in [3.63, 3.8) is 0 Å². The largest absolute Gasteiger partial charge is 0.756 e. The molecule has 2 unspecified atom stereocenters. The Balaban J connectivity index is 1.10. The Bertz CT molecular complexity index is 3720. The van der Waals surface area contributed by atoms with Crippen molar-refractivity contribution < 1.29 is 151 Å². The molecule has 0 aromatic carbocycles. The van der Waals surface area contributed by atoms with Crippen LogP contribution in [0.25, 0.3) is 0 Å². The summed E-state index contributed by atoms with van der Waals surface area (Å²) in [6, 6.07) is -4.07. The first kappa shape index (κ1) is 110. The fourth-order valence-corrected chi connectivity index (χ4v) is 16.9. The maximum absolute atomic E-state index is 13.6. The molecule has 5 aliphatic rings. The number of nitrogens with one attached hydrogen (secondary N) is 2. The fraction of sp³-hybridized carbons (Fsp3) is 0.730. The van der Waals surface area contributed by atoms with Gasteiger partial charge < -0.3 is 134 Å². The van der Waals surface area contributed by atoms with Gasteiger partial charge in [0.05, 0.1) is 39.1 Å². The zero-order chi connectivity index (χ0) is 92.3. The van der Waals surface area contributed by atoms with E-state index in [2.05, 4.69) is 145 Å². The second kappa shape index (κ2) is 55.6. The minimum absolute atomic E-state index is 0.486. The van der Waals surface area contributed by atoms with Crippen molar-refractivity contribution in [2.75, 3.05) is 33.0 Å². The number of rotatable bonds is 51. The Labute approximate surface area is 732 Å². The summed E-state index contributed by atoms with van der Waals surface area (Å²) in [6.45, 7) is 24.0. The molecule has 35 heteroatoms. The zero-order valence-corrected chi connectivity index (χ0v) is 76.8. The summed E-state index contributed by atoms with van der Waals surface area (Å²) < 4.78 is 94.5. The molecule has 0 saturated carbocycles. The topological polar surface area (TPSA) is 512 Å². The van der Waals surface area contributed by atoms with E-state index in [0.717, 1.165) is 135 Å². The molecular weight excluding hydrogens is 1650 g/mol. The molecule has 15 N–H and O–H groups in total. The predicted octanol–water partition coefficient (Wildman–Crippen LogP) is 7.62. The molecule has 0 aromatic rings. The number of ether oxygens (including phenoxy) is 9. The van der Waals surface area contributed by atoms with Crippen LogP contribution in [-0.4, -0.2) is 265 Å². The maximum atomic E-state index is 13.6. The number of carbonyl (C=O) groups is 2. The molecule has 0 aromatic heterocycles.